The van der Waals surface area contributed by atoms with Crippen molar-refractivity contribution >= 4 is 33.6 Å². The van der Waals surface area contributed by atoms with Gasteiger partial charge in [0.15, 0.2) is 5.82 Å². The molecule has 0 bridgehead atoms. The lowest BCUT2D eigenvalue weighted by molar-refractivity contribution is 0.102. The first-order valence-electron chi connectivity index (χ1n) is 6.13. The first-order chi connectivity index (χ1) is 10.5. The molecule has 0 fully saturated rings. The van der Waals surface area contributed by atoms with Crippen LogP contribution in [-0.2, 0) is 6.54 Å². The van der Waals surface area contributed by atoms with E-state index in [-0.39, 0.29) is 12.2 Å². The second-order valence-electron chi connectivity index (χ2n) is 4.27. The third-order valence-electron chi connectivity index (χ3n) is 2.77. The van der Waals surface area contributed by atoms with Crippen molar-refractivity contribution in [2.75, 3.05) is 5.32 Å². The number of aromatic nitrogens is 1. The Bertz CT molecular complexity index is 724. The summed E-state index contributed by atoms with van der Waals surface area (Å²) in [6, 6.07) is 6.02. The SMILES string of the molecule is O=C(O)NCc1ccc(C(=O)Nc2ccncc2F)cc1Br. The monoisotopic (exact) mass is 367 g/mol. The van der Waals surface area contributed by atoms with Crippen LogP contribution in [0.5, 0.6) is 0 Å². The van der Waals surface area contributed by atoms with Gasteiger partial charge in [-0.05, 0) is 23.8 Å². The molecule has 8 heteroatoms. The van der Waals surface area contributed by atoms with Gasteiger partial charge in [0, 0.05) is 22.8 Å². The number of carbonyl (C=O) groups is 2. The molecule has 6 nitrogen and oxygen atoms in total. The number of carboxylic acid groups (broad SMARTS) is 1. The summed E-state index contributed by atoms with van der Waals surface area (Å²) in [5.41, 5.74) is 1.02. The molecule has 3 N–H and O–H groups in total. The lowest BCUT2D eigenvalue weighted by atomic mass is 10.1. The smallest absolute Gasteiger partial charge is 0.404 e. The molecule has 0 saturated heterocycles. The lowest BCUT2D eigenvalue weighted by Crippen LogP contribution is -2.20. The Labute approximate surface area is 133 Å². The van der Waals surface area contributed by atoms with E-state index in [2.05, 4.69) is 31.5 Å². The zero-order chi connectivity index (χ0) is 16.1. The van der Waals surface area contributed by atoms with E-state index in [1.54, 1.807) is 6.07 Å². The van der Waals surface area contributed by atoms with Gasteiger partial charge >= 0.3 is 6.09 Å². The fraction of sp³-hybridized carbons (Fsp3) is 0.0714. The predicted molar refractivity (Wildman–Crippen MR) is 81.2 cm³/mol. The van der Waals surface area contributed by atoms with Gasteiger partial charge in [-0.25, -0.2) is 9.18 Å². The summed E-state index contributed by atoms with van der Waals surface area (Å²) in [4.78, 5) is 26.1. The summed E-state index contributed by atoms with van der Waals surface area (Å²) in [6.07, 6.45) is 1.24. The van der Waals surface area contributed by atoms with Crippen LogP contribution in [0.2, 0.25) is 0 Å². The summed E-state index contributed by atoms with van der Waals surface area (Å²) in [5.74, 6) is -1.11. The molecule has 2 aromatic rings. The van der Waals surface area contributed by atoms with Crippen LogP contribution in [0.15, 0.2) is 41.1 Å². The summed E-state index contributed by atoms with van der Waals surface area (Å²) in [6.45, 7) is 0.108. The quantitative estimate of drug-likeness (QED) is 0.774. The van der Waals surface area contributed by atoms with Crippen molar-refractivity contribution in [2.24, 2.45) is 0 Å². The van der Waals surface area contributed by atoms with Gasteiger partial charge in [-0.15, -0.1) is 0 Å². The van der Waals surface area contributed by atoms with Crippen LogP contribution < -0.4 is 10.6 Å². The van der Waals surface area contributed by atoms with Crippen molar-refractivity contribution in [3.05, 3.63) is 58.1 Å². The van der Waals surface area contributed by atoms with Crippen LogP contribution in [-0.4, -0.2) is 22.1 Å². The van der Waals surface area contributed by atoms with E-state index in [0.717, 1.165) is 6.20 Å². The Balaban J connectivity index is 2.12. The van der Waals surface area contributed by atoms with Crippen LogP contribution in [0, 0.1) is 5.82 Å². The number of anilines is 1. The van der Waals surface area contributed by atoms with Crippen LogP contribution >= 0.6 is 15.9 Å². The Morgan fingerprint density at radius 3 is 2.73 bits per heavy atom. The number of pyridine rings is 1. The molecular weight excluding hydrogens is 357 g/mol. The zero-order valence-corrected chi connectivity index (χ0v) is 12.7. The molecule has 0 saturated carbocycles. The topological polar surface area (TPSA) is 91.3 Å². The highest BCUT2D eigenvalue weighted by molar-refractivity contribution is 9.10. The minimum Gasteiger partial charge on any atom is -0.465 e. The molecule has 1 heterocycles. The fourth-order valence-corrected chi connectivity index (χ4v) is 2.19. The molecule has 0 aliphatic heterocycles. The van der Waals surface area contributed by atoms with Crippen molar-refractivity contribution in [3.8, 4) is 0 Å². The predicted octanol–water partition coefficient (Wildman–Crippen LogP) is 3.00. The number of rotatable bonds is 4. The number of benzene rings is 1. The van der Waals surface area contributed by atoms with Crippen LogP contribution in [0.3, 0.4) is 0 Å². The van der Waals surface area contributed by atoms with Crippen molar-refractivity contribution in [2.45, 2.75) is 6.54 Å². The second-order valence-corrected chi connectivity index (χ2v) is 5.13. The summed E-state index contributed by atoms with van der Waals surface area (Å²) >= 11 is 3.27. The number of nitrogens with zero attached hydrogens (tertiary/aromatic N) is 1. The molecule has 2 rings (SSSR count). The molecule has 0 aliphatic rings. The maximum atomic E-state index is 13.4. The average Bonchev–Trinajstić information content (AvgIpc) is 2.48. The minimum atomic E-state index is -1.14. The van der Waals surface area contributed by atoms with E-state index < -0.39 is 17.8 Å². The fourth-order valence-electron chi connectivity index (χ4n) is 1.67. The number of halogens is 2. The first kappa shape index (κ1) is 15.9. The summed E-state index contributed by atoms with van der Waals surface area (Å²) in [5, 5.41) is 13.2. The van der Waals surface area contributed by atoms with Gasteiger partial charge in [-0.1, -0.05) is 22.0 Å². The molecule has 1 aromatic heterocycles. The largest absolute Gasteiger partial charge is 0.465 e. The third kappa shape index (κ3) is 4.01. The molecule has 0 unspecified atom stereocenters. The highest BCUT2D eigenvalue weighted by Crippen LogP contribution is 2.20. The van der Waals surface area contributed by atoms with Crippen LogP contribution in [0.4, 0.5) is 14.9 Å². The van der Waals surface area contributed by atoms with Gasteiger partial charge in [0.1, 0.15) is 0 Å². The van der Waals surface area contributed by atoms with Crippen molar-refractivity contribution < 1.29 is 19.1 Å². The molecule has 22 heavy (non-hydrogen) atoms. The average molecular weight is 368 g/mol. The molecule has 114 valence electrons. The maximum absolute atomic E-state index is 13.4. The van der Waals surface area contributed by atoms with Crippen molar-refractivity contribution in [3.63, 3.8) is 0 Å². The van der Waals surface area contributed by atoms with E-state index in [1.807, 2.05) is 0 Å². The van der Waals surface area contributed by atoms with Crippen molar-refractivity contribution in [1.82, 2.24) is 10.3 Å². The van der Waals surface area contributed by atoms with E-state index in [4.69, 9.17) is 5.11 Å². The molecule has 1 aromatic carbocycles. The Hall–Kier alpha value is -2.48. The third-order valence-corrected chi connectivity index (χ3v) is 3.50. The molecule has 0 spiro atoms. The van der Waals surface area contributed by atoms with E-state index in [0.29, 0.717) is 15.6 Å². The number of carbonyl (C=O) groups excluding carboxylic acids is 1. The van der Waals surface area contributed by atoms with E-state index in [1.165, 1.54) is 24.4 Å². The number of amides is 2. The molecular formula is C14H11BrFN3O3. The van der Waals surface area contributed by atoms with Crippen molar-refractivity contribution in [1.29, 1.82) is 0 Å². The standard InChI is InChI=1S/C14H11BrFN3O3/c15-10-5-8(1-2-9(10)6-18-14(21)22)13(20)19-12-3-4-17-7-11(12)16/h1-5,7,18H,6H2,(H,21,22)(H,17,19,20). The lowest BCUT2D eigenvalue weighted by Gasteiger charge is -2.09. The number of hydrogen-bond acceptors (Lipinski definition) is 3. The van der Waals surface area contributed by atoms with E-state index in [9.17, 15) is 14.0 Å². The van der Waals surface area contributed by atoms with Gasteiger partial charge in [0.2, 0.25) is 0 Å². The normalized spacial score (nSPS) is 10.1. The van der Waals surface area contributed by atoms with Gasteiger partial charge in [0.05, 0.1) is 11.9 Å². The van der Waals surface area contributed by atoms with Gasteiger partial charge in [0.25, 0.3) is 5.91 Å². The Kier molecular flexibility index (Phi) is 5.05. The van der Waals surface area contributed by atoms with Crippen LogP contribution in [0.25, 0.3) is 0 Å². The molecule has 0 aliphatic carbocycles. The molecule has 2 amide bonds. The summed E-state index contributed by atoms with van der Waals surface area (Å²) < 4.78 is 14.0. The molecule has 0 radical (unpaired) electrons. The maximum Gasteiger partial charge on any atom is 0.404 e. The van der Waals surface area contributed by atoms with E-state index >= 15 is 0 Å². The second kappa shape index (κ2) is 6.99. The van der Waals surface area contributed by atoms with Gasteiger partial charge in [-0.2, -0.15) is 0 Å². The Morgan fingerprint density at radius 2 is 2.09 bits per heavy atom. The zero-order valence-electron chi connectivity index (χ0n) is 11.1. The van der Waals surface area contributed by atoms with Crippen LogP contribution in [0.1, 0.15) is 15.9 Å². The highest BCUT2D eigenvalue weighted by atomic mass is 79.9. The van der Waals surface area contributed by atoms with Gasteiger partial charge < -0.3 is 15.7 Å². The van der Waals surface area contributed by atoms with Gasteiger partial charge in [-0.3, -0.25) is 9.78 Å². The first-order valence-corrected chi connectivity index (χ1v) is 6.93. The highest BCUT2D eigenvalue weighted by Gasteiger charge is 2.11. The number of hydrogen-bond donors (Lipinski definition) is 3. The number of nitrogens with one attached hydrogen (secondary N) is 2. The minimum absolute atomic E-state index is 0.0349. The molecule has 0 atom stereocenters. The summed E-state index contributed by atoms with van der Waals surface area (Å²) in [7, 11) is 0. The Morgan fingerprint density at radius 1 is 1.32 bits per heavy atom.